The molecule has 1 fully saturated rings. The molecule has 0 radical (unpaired) electrons. The summed E-state index contributed by atoms with van der Waals surface area (Å²) in [7, 11) is 3.97. The van der Waals surface area contributed by atoms with E-state index in [-0.39, 0.29) is 5.91 Å². The molecule has 0 spiro atoms. The zero-order valence-corrected chi connectivity index (χ0v) is 17.0. The minimum atomic E-state index is 0.105. The van der Waals surface area contributed by atoms with Crippen molar-refractivity contribution < 1.29 is 4.79 Å². The van der Waals surface area contributed by atoms with Crippen LogP contribution in [0.4, 0.5) is 0 Å². The van der Waals surface area contributed by atoms with E-state index in [4.69, 9.17) is 11.6 Å². The van der Waals surface area contributed by atoms with Crippen LogP contribution in [0.15, 0.2) is 17.3 Å². The van der Waals surface area contributed by atoms with E-state index < -0.39 is 0 Å². The van der Waals surface area contributed by atoms with Gasteiger partial charge in [-0.25, -0.2) is 0 Å². The normalized spacial score (nSPS) is 15.8. The number of nitrogens with zero attached hydrogens (tertiary/aromatic N) is 3. The van der Waals surface area contributed by atoms with Crippen LogP contribution in [0.5, 0.6) is 0 Å². The van der Waals surface area contributed by atoms with Gasteiger partial charge in [-0.3, -0.25) is 9.79 Å². The molecule has 0 aliphatic heterocycles. The number of rotatable bonds is 7. The topological polar surface area (TPSA) is 61.7 Å². The number of aromatic nitrogens is 1. The predicted molar refractivity (Wildman–Crippen MR) is 108 cm³/mol. The first kappa shape index (κ1) is 20.6. The number of hydrogen-bond acceptors (Lipinski definition) is 2. The highest BCUT2D eigenvalue weighted by Crippen LogP contribution is 2.17. The lowest BCUT2D eigenvalue weighted by molar-refractivity contribution is -0.121. The van der Waals surface area contributed by atoms with Gasteiger partial charge in [0, 0.05) is 45.0 Å². The van der Waals surface area contributed by atoms with Gasteiger partial charge in [0.25, 0.3) is 0 Å². The number of carbonyl (C=O) groups excluding carboxylic acids is 1. The van der Waals surface area contributed by atoms with Crippen molar-refractivity contribution in [2.45, 2.75) is 58.0 Å². The van der Waals surface area contributed by atoms with Crippen LogP contribution in [0.2, 0.25) is 5.02 Å². The van der Waals surface area contributed by atoms with Crippen LogP contribution in [0.1, 0.15) is 51.1 Å². The Hall–Kier alpha value is -1.69. The number of guanidine groups is 1. The fraction of sp³-hybridized carbons (Fsp3) is 0.684. The maximum Gasteiger partial charge on any atom is 0.222 e. The molecule has 1 aromatic rings. The van der Waals surface area contributed by atoms with E-state index in [0.29, 0.717) is 25.6 Å². The average Bonchev–Trinajstić information content (AvgIpc) is 2.92. The number of carbonyl (C=O) groups is 1. The molecule has 2 N–H and O–H groups in total. The molecule has 1 saturated carbocycles. The lowest BCUT2D eigenvalue weighted by Gasteiger charge is -2.23. The average molecular weight is 382 g/mol. The van der Waals surface area contributed by atoms with Gasteiger partial charge >= 0.3 is 0 Å². The molecule has 7 heteroatoms. The van der Waals surface area contributed by atoms with Crippen molar-refractivity contribution in [3.05, 3.63) is 23.0 Å². The van der Waals surface area contributed by atoms with Crippen LogP contribution in [0.3, 0.4) is 0 Å². The summed E-state index contributed by atoms with van der Waals surface area (Å²) < 4.78 is 2.01. The van der Waals surface area contributed by atoms with Gasteiger partial charge in [-0.05, 0) is 25.8 Å². The van der Waals surface area contributed by atoms with Crippen molar-refractivity contribution in [2.24, 2.45) is 12.0 Å². The van der Waals surface area contributed by atoms with Crippen molar-refractivity contribution >= 4 is 23.5 Å². The Morgan fingerprint density at radius 2 is 2.12 bits per heavy atom. The number of nitrogens with one attached hydrogen (secondary N) is 2. The molecular formula is C19H32ClN5O. The van der Waals surface area contributed by atoms with E-state index in [0.717, 1.165) is 36.1 Å². The summed E-state index contributed by atoms with van der Waals surface area (Å²) in [6, 6.07) is 2.32. The quantitative estimate of drug-likeness (QED) is 0.564. The number of aryl methyl sites for hydroxylation is 1. The fourth-order valence-electron chi connectivity index (χ4n) is 3.32. The molecule has 0 atom stereocenters. The van der Waals surface area contributed by atoms with E-state index in [1.165, 1.54) is 19.3 Å². The van der Waals surface area contributed by atoms with Crippen LogP contribution < -0.4 is 10.6 Å². The maximum atomic E-state index is 12.1. The van der Waals surface area contributed by atoms with Crippen LogP contribution in [0.25, 0.3) is 0 Å². The zero-order valence-electron chi connectivity index (χ0n) is 16.2. The summed E-state index contributed by atoms with van der Waals surface area (Å²) in [5.41, 5.74) is 1.11. The first-order valence-electron chi connectivity index (χ1n) is 9.59. The number of amides is 1. The van der Waals surface area contributed by atoms with Crippen molar-refractivity contribution in [2.75, 3.05) is 20.1 Å². The Bertz CT molecular complexity index is 607. The first-order valence-corrected chi connectivity index (χ1v) is 9.97. The zero-order chi connectivity index (χ0) is 18.9. The fourth-order valence-corrected chi connectivity index (χ4v) is 3.59. The molecule has 1 aliphatic carbocycles. The van der Waals surface area contributed by atoms with Crippen LogP contribution >= 0.6 is 11.6 Å². The lowest BCUT2D eigenvalue weighted by atomic mass is 9.95. The molecular weight excluding hydrogens is 350 g/mol. The van der Waals surface area contributed by atoms with E-state index in [2.05, 4.69) is 15.6 Å². The van der Waals surface area contributed by atoms with Gasteiger partial charge in [-0.1, -0.05) is 30.9 Å². The van der Waals surface area contributed by atoms with E-state index >= 15 is 0 Å². The van der Waals surface area contributed by atoms with Gasteiger partial charge in [0.05, 0.1) is 18.1 Å². The van der Waals surface area contributed by atoms with E-state index in [9.17, 15) is 4.79 Å². The maximum absolute atomic E-state index is 12.1. The highest BCUT2D eigenvalue weighted by molar-refractivity contribution is 6.30. The summed E-state index contributed by atoms with van der Waals surface area (Å²) in [4.78, 5) is 18.8. The van der Waals surface area contributed by atoms with E-state index in [1.54, 1.807) is 0 Å². The molecule has 0 aromatic carbocycles. The van der Waals surface area contributed by atoms with Crippen molar-refractivity contribution in [1.29, 1.82) is 0 Å². The predicted octanol–water partition coefficient (Wildman–Crippen LogP) is 2.91. The summed E-state index contributed by atoms with van der Waals surface area (Å²) in [6.07, 6.45) is 8.28. The van der Waals surface area contributed by atoms with Crippen molar-refractivity contribution in [3.63, 3.8) is 0 Å². The molecule has 1 heterocycles. The molecule has 146 valence electrons. The van der Waals surface area contributed by atoms with Crippen LogP contribution in [0, 0.1) is 0 Å². The Morgan fingerprint density at radius 1 is 1.38 bits per heavy atom. The third-order valence-corrected chi connectivity index (χ3v) is 4.95. The summed E-state index contributed by atoms with van der Waals surface area (Å²) in [5.74, 6) is 0.906. The summed E-state index contributed by atoms with van der Waals surface area (Å²) in [6.45, 7) is 4.01. The molecule has 26 heavy (non-hydrogen) atoms. The van der Waals surface area contributed by atoms with Gasteiger partial charge < -0.3 is 20.1 Å². The Labute approximate surface area is 162 Å². The van der Waals surface area contributed by atoms with Crippen LogP contribution in [-0.2, 0) is 18.4 Å². The van der Waals surface area contributed by atoms with Crippen molar-refractivity contribution in [3.8, 4) is 0 Å². The Kier molecular flexibility index (Phi) is 8.29. The summed E-state index contributed by atoms with van der Waals surface area (Å²) >= 11 is 6.06. The van der Waals surface area contributed by atoms with Gasteiger partial charge in [-0.15, -0.1) is 0 Å². The second kappa shape index (κ2) is 10.5. The molecule has 1 aromatic heterocycles. The SMILES string of the molecule is CCNC(=NCCC(=O)NC1CCCCC1)N(C)Cc1cc(Cl)cn1C. The molecule has 0 saturated heterocycles. The number of aliphatic imine (C=N–C) groups is 1. The minimum absolute atomic E-state index is 0.105. The molecule has 0 bridgehead atoms. The third-order valence-electron chi connectivity index (χ3n) is 4.74. The van der Waals surface area contributed by atoms with E-state index in [1.807, 2.05) is 42.7 Å². The molecule has 6 nitrogen and oxygen atoms in total. The van der Waals surface area contributed by atoms with Gasteiger partial charge in [0.1, 0.15) is 0 Å². The highest BCUT2D eigenvalue weighted by atomic mass is 35.5. The number of hydrogen-bond donors (Lipinski definition) is 2. The second-order valence-electron chi connectivity index (χ2n) is 7.00. The minimum Gasteiger partial charge on any atom is -0.357 e. The van der Waals surface area contributed by atoms with Gasteiger partial charge in [0.2, 0.25) is 5.91 Å². The second-order valence-corrected chi connectivity index (χ2v) is 7.44. The Morgan fingerprint density at radius 3 is 2.73 bits per heavy atom. The van der Waals surface area contributed by atoms with Crippen molar-refractivity contribution in [1.82, 2.24) is 20.1 Å². The highest BCUT2D eigenvalue weighted by Gasteiger charge is 2.15. The standard InChI is InChI=1S/C19H32ClN5O/c1-4-21-19(25(3)14-17-12-15(20)13-24(17)2)22-11-10-18(26)23-16-8-6-5-7-9-16/h12-13,16H,4-11,14H2,1-3H3,(H,21,22)(H,23,26). The summed E-state index contributed by atoms with van der Waals surface area (Å²) in [5, 5.41) is 7.16. The monoisotopic (exact) mass is 381 g/mol. The first-order chi connectivity index (χ1) is 12.5. The third kappa shape index (κ3) is 6.56. The van der Waals surface area contributed by atoms with Crippen LogP contribution in [-0.4, -0.2) is 47.5 Å². The smallest absolute Gasteiger partial charge is 0.222 e. The molecule has 1 aliphatic rings. The lowest BCUT2D eigenvalue weighted by Crippen LogP contribution is -2.39. The molecule has 2 rings (SSSR count). The molecule has 0 unspecified atom stereocenters. The van der Waals surface area contributed by atoms with Gasteiger partial charge in [0.15, 0.2) is 5.96 Å². The largest absolute Gasteiger partial charge is 0.357 e. The Balaban J connectivity index is 1.84. The molecule has 1 amide bonds. The van der Waals surface area contributed by atoms with Gasteiger partial charge in [-0.2, -0.15) is 0 Å². The number of halogens is 1.